The number of carbonyl (C=O) groups is 1. The van der Waals surface area contributed by atoms with E-state index >= 15 is 0 Å². The summed E-state index contributed by atoms with van der Waals surface area (Å²) < 4.78 is 0. The molecule has 5 nitrogen and oxygen atoms in total. The maximum Gasteiger partial charge on any atom is 0.239 e. The number of nitrogens with zero attached hydrogens (tertiary/aromatic N) is 1. The second-order valence-corrected chi connectivity index (χ2v) is 7.32. The molecule has 0 aliphatic rings. The molecule has 0 aliphatic heterocycles. The average molecular weight is 359 g/mol. The van der Waals surface area contributed by atoms with Crippen molar-refractivity contribution < 1.29 is 4.79 Å². The van der Waals surface area contributed by atoms with Gasteiger partial charge in [-0.05, 0) is 31.5 Å². The molecule has 0 radical (unpaired) electrons. The van der Waals surface area contributed by atoms with Crippen molar-refractivity contribution in [2.45, 2.75) is 32.9 Å². The molecule has 2 aromatic rings. The van der Waals surface area contributed by atoms with Crippen LogP contribution in [0, 0.1) is 6.92 Å². The average Bonchev–Trinajstić information content (AvgIpc) is 3.02. The first-order valence-corrected chi connectivity index (χ1v) is 9.21. The molecule has 3 N–H and O–H groups in total. The van der Waals surface area contributed by atoms with Crippen LogP contribution in [0.1, 0.15) is 22.2 Å². The Morgan fingerprint density at radius 3 is 2.56 bits per heavy atom. The minimum absolute atomic E-state index is 0.0617. The van der Waals surface area contributed by atoms with E-state index in [2.05, 4.69) is 46.9 Å². The smallest absolute Gasteiger partial charge is 0.239 e. The number of benzene rings is 1. The van der Waals surface area contributed by atoms with Crippen LogP contribution in [-0.4, -0.2) is 31.5 Å². The third-order valence-corrected chi connectivity index (χ3v) is 4.68. The summed E-state index contributed by atoms with van der Waals surface area (Å²) in [5.41, 5.74) is 1.08. The lowest BCUT2D eigenvalue weighted by atomic mass is 10.2. The molecule has 0 aliphatic carbocycles. The first kappa shape index (κ1) is 19.0. The fraction of sp³-hybridized carbons (Fsp3) is 0.368. The molecular weight excluding hydrogens is 332 g/mol. The van der Waals surface area contributed by atoms with Gasteiger partial charge in [-0.25, -0.2) is 0 Å². The topological polar surface area (TPSA) is 65.5 Å². The Labute approximate surface area is 153 Å². The second-order valence-electron chi connectivity index (χ2n) is 5.95. The number of thiophene rings is 1. The van der Waals surface area contributed by atoms with E-state index in [0.717, 1.165) is 12.0 Å². The van der Waals surface area contributed by atoms with Crippen LogP contribution in [-0.2, 0) is 17.8 Å². The molecule has 0 spiro atoms. The van der Waals surface area contributed by atoms with Crippen LogP contribution < -0.4 is 16.0 Å². The van der Waals surface area contributed by atoms with E-state index in [-0.39, 0.29) is 18.5 Å². The monoisotopic (exact) mass is 358 g/mol. The van der Waals surface area contributed by atoms with Gasteiger partial charge in [0, 0.05) is 35.8 Å². The van der Waals surface area contributed by atoms with Crippen molar-refractivity contribution in [3.8, 4) is 0 Å². The Hall–Kier alpha value is -2.34. The van der Waals surface area contributed by atoms with Crippen molar-refractivity contribution in [1.29, 1.82) is 0 Å². The number of nitrogens with one attached hydrogen (secondary N) is 3. The molecule has 1 unspecified atom stereocenters. The predicted octanol–water partition coefficient (Wildman–Crippen LogP) is 2.47. The van der Waals surface area contributed by atoms with Gasteiger partial charge in [-0.3, -0.25) is 9.79 Å². The minimum atomic E-state index is -0.0617. The molecule has 0 saturated carbocycles. The molecule has 1 aromatic carbocycles. The number of guanidine groups is 1. The van der Waals surface area contributed by atoms with E-state index in [1.807, 2.05) is 41.7 Å². The van der Waals surface area contributed by atoms with E-state index in [0.29, 0.717) is 12.5 Å². The van der Waals surface area contributed by atoms with Gasteiger partial charge in [-0.1, -0.05) is 30.3 Å². The highest BCUT2D eigenvalue weighted by molar-refractivity contribution is 7.11. The van der Waals surface area contributed by atoms with Crippen LogP contribution in [0.2, 0.25) is 0 Å². The molecule has 25 heavy (non-hydrogen) atoms. The highest BCUT2D eigenvalue weighted by Crippen LogP contribution is 2.16. The molecule has 6 heteroatoms. The lowest BCUT2D eigenvalue weighted by Gasteiger charge is -2.17. The zero-order chi connectivity index (χ0) is 18.1. The van der Waals surface area contributed by atoms with Crippen LogP contribution >= 0.6 is 11.3 Å². The summed E-state index contributed by atoms with van der Waals surface area (Å²) in [6.45, 7) is 4.94. The van der Waals surface area contributed by atoms with Gasteiger partial charge in [0.25, 0.3) is 0 Å². The lowest BCUT2D eigenvalue weighted by molar-refractivity contribution is -0.120. The van der Waals surface area contributed by atoms with E-state index in [1.165, 1.54) is 9.75 Å². The summed E-state index contributed by atoms with van der Waals surface area (Å²) in [6, 6.07) is 14.4. The fourth-order valence-electron chi connectivity index (χ4n) is 2.40. The van der Waals surface area contributed by atoms with Crippen LogP contribution in [0.4, 0.5) is 0 Å². The maximum absolute atomic E-state index is 12.0. The normalized spacial score (nSPS) is 12.5. The SMILES string of the molecule is CN=C(NCC(=O)NCc1ccccc1)NC(C)Cc1ccc(C)s1. The van der Waals surface area contributed by atoms with Gasteiger partial charge >= 0.3 is 0 Å². The van der Waals surface area contributed by atoms with Crippen LogP contribution in [0.5, 0.6) is 0 Å². The van der Waals surface area contributed by atoms with Crippen molar-refractivity contribution in [3.63, 3.8) is 0 Å². The van der Waals surface area contributed by atoms with Gasteiger partial charge in [-0.15, -0.1) is 11.3 Å². The quantitative estimate of drug-likeness (QED) is 0.526. The highest BCUT2D eigenvalue weighted by Gasteiger charge is 2.09. The maximum atomic E-state index is 12.0. The Kier molecular flexibility index (Phi) is 7.47. The summed E-state index contributed by atoms with van der Waals surface area (Å²) in [5.74, 6) is 0.573. The number of rotatable bonds is 7. The number of hydrogen-bond acceptors (Lipinski definition) is 3. The molecule has 2 rings (SSSR count). The summed E-state index contributed by atoms with van der Waals surface area (Å²) in [4.78, 5) is 18.8. The van der Waals surface area contributed by atoms with Crippen LogP contribution in [0.25, 0.3) is 0 Å². The summed E-state index contributed by atoms with van der Waals surface area (Å²) in [6.07, 6.45) is 0.930. The van der Waals surface area contributed by atoms with Crippen molar-refractivity contribution in [2.75, 3.05) is 13.6 Å². The van der Waals surface area contributed by atoms with E-state index in [1.54, 1.807) is 7.05 Å². The van der Waals surface area contributed by atoms with Gasteiger partial charge in [0.1, 0.15) is 0 Å². The van der Waals surface area contributed by atoms with Crippen LogP contribution in [0.3, 0.4) is 0 Å². The van der Waals surface area contributed by atoms with Gasteiger partial charge in [0.05, 0.1) is 6.54 Å². The summed E-state index contributed by atoms with van der Waals surface area (Å²) in [7, 11) is 1.71. The Bertz CT molecular complexity index is 696. The highest BCUT2D eigenvalue weighted by atomic mass is 32.1. The first-order valence-electron chi connectivity index (χ1n) is 8.40. The van der Waals surface area contributed by atoms with Gasteiger partial charge in [0.2, 0.25) is 5.91 Å². The Balaban J connectivity index is 1.71. The Morgan fingerprint density at radius 2 is 1.92 bits per heavy atom. The molecule has 1 heterocycles. The van der Waals surface area contributed by atoms with Crippen molar-refractivity contribution in [3.05, 3.63) is 57.8 Å². The number of aryl methyl sites for hydroxylation is 1. The predicted molar refractivity (Wildman–Crippen MR) is 105 cm³/mol. The first-order chi connectivity index (χ1) is 12.1. The largest absolute Gasteiger partial charge is 0.354 e. The standard InChI is InChI=1S/C19H26N4OS/c1-14(11-17-10-9-15(2)25-17)23-19(20-3)22-13-18(24)21-12-16-7-5-4-6-8-16/h4-10,14H,11-13H2,1-3H3,(H,21,24)(H2,20,22,23). The molecule has 1 atom stereocenters. The van der Waals surface area contributed by atoms with E-state index < -0.39 is 0 Å². The van der Waals surface area contributed by atoms with Crippen molar-refractivity contribution in [1.82, 2.24) is 16.0 Å². The van der Waals surface area contributed by atoms with Crippen molar-refractivity contribution >= 4 is 23.2 Å². The Morgan fingerprint density at radius 1 is 1.16 bits per heavy atom. The van der Waals surface area contributed by atoms with E-state index in [4.69, 9.17) is 0 Å². The zero-order valence-electron chi connectivity index (χ0n) is 15.0. The second kappa shape index (κ2) is 9.84. The molecule has 1 amide bonds. The van der Waals surface area contributed by atoms with Crippen LogP contribution in [0.15, 0.2) is 47.5 Å². The molecule has 0 fully saturated rings. The number of amides is 1. The minimum Gasteiger partial charge on any atom is -0.354 e. The molecular formula is C19H26N4OS. The summed E-state index contributed by atoms with van der Waals surface area (Å²) in [5, 5.41) is 9.27. The van der Waals surface area contributed by atoms with Gasteiger partial charge in [0.15, 0.2) is 5.96 Å². The summed E-state index contributed by atoms with van der Waals surface area (Å²) >= 11 is 1.81. The van der Waals surface area contributed by atoms with Crippen molar-refractivity contribution in [2.24, 2.45) is 4.99 Å². The molecule has 0 saturated heterocycles. The number of carbonyl (C=O) groups excluding carboxylic acids is 1. The molecule has 134 valence electrons. The van der Waals surface area contributed by atoms with E-state index in [9.17, 15) is 4.79 Å². The molecule has 1 aromatic heterocycles. The lowest BCUT2D eigenvalue weighted by Crippen LogP contribution is -2.46. The fourth-order valence-corrected chi connectivity index (χ4v) is 3.42. The third-order valence-electron chi connectivity index (χ3n) is 3.66. The van der Waals surface area contributed by atoms with Gasteiger partial charge < -0.3 is 16.0 Å². The number of hydrogen-bond donors (Lipinski definition) is 3. The van der Waals surface area contributed by atoms with Gasteiger partial charge in [-0.2, -0.15) is 0 Å². The third kappa shape index (κ3) is 6.97. The molecule has 0 bridgehead atoms. The number of aliphatic imine (C=N–C) groups is 1. The zero-order valence-corrected chi connectivity index (χ0v) is 15.8.